The van der Waals surface area contributed by atoms with Gasteiger partial charge >= 0.3 is 0 Å². The minimum absolute atomic E-state index is 0.0709. The molecule has 1 amide bonds. The van der Waals surface area contributed by atoms with E-state index in [0.29, 0.717) is 5.69 Å². The minimum atomic E-state index is -3.85. The van der Waals surface area contributed by atoms with Gasteiger partial charge in [0.05, 0.1) is 15.5 Å². The number of para-hydroxylation sites is 1. The van der Waals surface area contributed by atoms with Gasteiger partial charge in [0.2, 0.25) is 15.9 Å². The van der Waals surface area contributed by atoms with Gasteiger partial charge in [0, 0.05) is 23.5 Å². The molecule has 0 saturated carbocycles. The summed E-state index contributed by atoms with van der Waals surface area (Å²) >= 11 is 1.56. The van der Waals surface area contributed by atoms with Crippen molar-refractivity contribution < 1.29 is 13.2 Å². The second kappa shape index (κ2) is 8.68. The molecule has 0 aliphatic heterocycles. The molecule has 0 aliphatic carbocycles. The number of benzene rings is 2. The quantitative estimate of drug-likeness (QED) is 0.434. The van der Waals surface area contributed by atoms with Crippen LogP contribution in [0.2, 0.25) is 0 Å². The van der Waals surface area contributed by atoms with Crippen molar-refractivity contribution in [3.63, 3.8) is 0 Å². The fraction of sp³-hybridized carbons (Fsp3) is 0. The molecule has 0 bridgehead atoms. The summed E-state index contributed by atoms with van der Waals surface area (Å²) in [6, 6.07) is 19.4. The summed E-state index contributed by atoms with van der Waals surface area (Å²) < 4.78 is 24.8. The highest BCUT2D eigenvalue weighted by molar-refractivity contribution is 7.89. The number of nitrogens with zero attached hydrogens (tertiary/aromatic N) is 2. The second-order valence-electron chi connectivity index (χ2n) is 6.59. The molecule has 0 spiro atoms. The summed E-state index contributed by atoms with van der Waals surface area (Å²) in [5.41, 5.74) is 2.78. The maximum Gasteiger partial charge on any atom is 0.248 e. The summed E-state index contributed by atoms with van der Waals surface area (Å²) in [5, 5.41) is 14.4. The molecule has 0 saturated heterocycles. The normalized spacial score (nSPS) is 11.6. The molecule has 2 heterocycles. The van der Waals surface area contributed by atoms with Crippen molar-refractivity contribution in [1.82, 2.24) is 9.78 Å². The van der Waals surface area contributed by atoms with Crippen LogP contribution in [0.5, 0.6) is 0 Å². The first-order valence-corrected chi connectivity index (χ1v) is 11.6. The molecule has 4 rings (SSSR count). The van der Waals surface area contributed by atoms with Crippen LogP contribution in [0.15, 0.2) is 89.3 Å². The molecule has 0 aliphatic rings. The van der Waals surface area contributed by atoms with Gasteiger partial charge in [0.1, 0.15) is 5.69 Å². The number of carbonyl (C=O) groups is 1. The van der Waals surface area contributed by atoms with Gasteiger partial charge in [-0.1, -0.05) is 30.3 Å². The SMILES string of the molecule is NS(=O)(=O)c1cccc(NC(=O)/C=C/c2cn(-c3ccccc3)nc2-c2cccs2)c1. The maximum atomic E-state index is 12.4. The number of sulfonamides is 1. The molecule has 7 nitrogen and oxygen atoms in total. The van der Waals surface area contributed by atoms with Crippen LogP contribution in [-0.2, 0) is 14.8 Å². The Labute approximate surface area is 183 Å². The van der Waals surface area contributed by atoms with Crippen LogP contribution in [0.25, 0.3) is 22.3 Å². The van der Waals surface area contributed by atoms with Gasteiger partial charge in [-0.15, -0.1) is 11.3 Å². The number of amides is 1. The van der Waals surface area contributed by atoms with Gasteiger partial charge in [-0.25, -0.2) is 18.2 Å². The van der Waals surface area contributed by atoms with Crippen molar-refractivity contribution in [1.29, 1.82) is 0 Å². The standard InChI is InChI=1S/C22H18N4O3S2/c23-31(28,29)19-9-4-6-17(14-19)24-21(27)12-11-16-15-26(18-7-2-1-3-8-18)25-22(16)20-10-5-13-30-20/h1-15H,(H,24,27)(H2,23,28,29)/b12-11+. The lowest BCUT2D eigenvalue weighted by molar-refractivity contribution is -0.111. The van der Waals surface area contributed by atoms with E-state index in [1.165, 1.54) is 24.3 Å². The smallest absolute Gasteiger partial charge is 0.248 e. The van der Waals surface area contributed by atoms with Crippen molar-refractivity contribution >= 4 is 39.0 Å². The molecule has 31 heavy (non-hydrogen) atoms. The molecule has 2 aromatic heterocycles. The Morgan fingerprint density at radius 3 is 2.58 bits per heavy atom. The van der Waals surface area contributed by atoms with E-state index in [4.69, 9.17) is 5.14 Å². The van der Waals surface area contributed by atoms with E-state index < -0.39 is 15.9 Å². The lowest BCUT2D eigenvalue weighted by atomic mass is 10.2. The second-order valence-corrected chi connectivity index (χ2v) is 9.10. The Morgan fingerprint density at radius 1 is 1.06 bits per heavy atom. The van der Waals surface area contributed by atoms with Crippen LogP contribution in [-0.4, -0.2) is 24.1 Å². The molecule has 0 fully saturated rings. The largest absolute Gasteiger partial charge is 0.322 e. The summed E-state index contributed by atoms with van der Waals surface area (Å²) in [4.78, 5) is 13.3. The number of anilines is 1. The number of thiophene rings is 1. The molecule has 156 valence electrons. The number of aromatic nitrogens is 2. The number of primary sulfonamides is 1. The molecule has 9 heteroatoms. The molecule has 0 atom stereocenters. The topological polar surface area (TPSA) is 107 Å². The van der Waals surface area contributed by atoms with E-state index in [9.17, 15) is 13.2 Å². The van der Waals surface area contributed by atoms with E-state index in [1.807, 2.05) is 54.0 Å². The van der Waals surface area contributed by atoms with Crippen molar-refractivity contribution in [3.8, 4) is 16.3 Å². The molecule has 2 aromatic carbocycles. The molecule has 4 aromatic rings. The number of hydrogen-bond acceptors (Lipinski definition) is 5. The molecule has 0 unspecified atom stereocenters. The van der Waals surface area contributed by atoms with Crippen molar-refractivity contribution in [2.24, 2.45) is 5.14 Å². The fourth-order valence-corrected chi connectivity index (χ4v) is 4.22. The lowest BCUT2D eigenvalue weighted by Gasteiger charge is -2.04. The van der Waals surface area contributed by atoms with Crippen LogP contribution in [0, 0.1) is 0 Å². The van der Waals surface area contributed by atoms with Crippen LogP contribution in [0.1, 0.15) is 5.56 Å². The van der Waals surface area contributed by atoms with E-state index in [0.717, 1.165) is 21.8 Å². The minimum Gasteiger partial charge on any atom is -0.322 e. The first kappa shape index (κ1) is 20.7. The zero-order valence-corrected chi connectivity index (χ0v) is 17.8. The average molecular weight is 451 g/mol. The van der Waals surface area contributed by atoms with Gasteiger partial charge in [-0.3, -0.25) is 4.79 Å². The van der Waals surface area contributed by atoms with Crippen LogP contribution < -0.4 is 10.5 Å². The Balaban J connectivity index is 1.60. The predicted octanol–water partition coefficient (Wildman–Crippen LogP) is 3.90. The molecular weight excluding hydrogens is 432 g/mol. The summed E-state index contributed by atoms with van der Waals surface area (Å²) in [6.07, 6.45) is 4.92. The highest BCUT2D eigenvalue weighted by Crippen LogP contribution is 2.28. The first-order valence-electron chi connectivity index (χ1n) is 9.21. The van der Waals surface area contributed by atoms with E-state index >= 15 is 0 Å². The van der Waals surface area contributed by atoms with E-state index in [-0.39, 0.29) is 4.90 Å². The zero-order valence-electron chi connectivity index (χ0n) is 16.2. The number of carbonyl (C=O) groups excluding carboxylic acids is 1. The lowest BCUT2D eigenvalue weighted by Crippen LogP contribution is -2.13. The van der Waals surface area contributed by atoms with Crippen LogP contribution in [0.3, 0.4) is 0 Å². The maximum absolute atomic E-state index is 12.4. The number of nitrogens with one attached hydrogen (secondary N) is 1. The Morgan fingerprint density at radius 2 is 1.87 bits per heavy atom. The van der Waals surface area contributed by atoms with Gasteiger partial charge < -0.3 is 5.32 Å². The first-order chi connectivity index (χ1) is 14.9. The Bertz CT molecular complexity index is 1340. The Hall–Kier alpha value is -3.53. The third-order valence-corrected chi connectivity index (χ3v) is 6.15. The average Bonchev–Trinajstić information content (AvgIpc) is 3.42. The highest BCUT2D eigenvalue weighted by Gasteiger charge is 2.12. The predicted molar refractivity (Wildman–Crippen MR) is 122 cm³/mol. The van der Waals surface area contributed by atoms with Gasteiger partial charge in [0.25, 0.3) is 0 Å². The van der Waals surface area contributed by atoms with Gasteiger partial charge in [0.15, 0.2) is 0 Å². The summed E-state index contributed by atoms with van der Waals surface area (Å²) in [6.45, 7) is 0. The zero-order chi connectivity index (χ0) is 21.8. The van der Waals surface area contributed by atoms with E-state index in [1.54, 1.807) is 28.2 Å². The number of nitrogens with two attached hydrogens (primary N) is 1. The van der Waals surface area contributed by atoms with E-state index in [2.05, 4.69) is 10.4 Å². The molecule has 3 N–H and O–H groups in total. The highest BCUT2D eigenvalue weighted by atomic mass is 32.2. The number of rotatable bonds is 6. The van der Waals surface area contributed by atoms with Crippen molar-refractivity contribution in [3.05, 3.63) is 89.9 Å². The van der Waals surface area contributed by atoms with Crippen molar-refractivity contribution in [2.45, 2.75) is 4.90 Å². The Kier molecular flexibility index (Phi) is 5.81. The van der Waals surface area contributed by atoms with Crippen LogP contribution in [0.4, 0.5) is 5.69 Å². The van der Waals surface area contributed by atoms with Crippen LogP contribution >= 0.6 is 11.3 Å². The van der Waals surface area contributed by atoms with Gasteiger partial charge in [-0.2, -0.15) is 5.10 Å². The monoisotopic (exact) mass is 450 g/mol. The summed E-state index contributed by atoms with van der Waals surface area (Å²) in [5.74, 6) is -0.406. The molecular formula is C22H18N4O3S2. The summed E-state index contributed by atoms with van der Waals surface area (Å²) in [7, 11) is -3.85. The van der Waals surface area contributed by atoms with Gasteiger partial charge in [-0.05, 0) is 47.9 Å². The third-order valence-electron chi connectivity index (χ3n) is 4.36. The molecule has 0 radical (unpaired) electrons. The fourth-order valence-electron chi connectivity index (χ4n) is 2.93. The number of hydrogen-bond donors (Lipinski definition) is 2. The van der Waals surface area contributed by atoms with Crippen molar-refractivity contribution in [2.75, 3.05) is 5.32 Å². The third kappa shape index (κ3) is 4.97.